The van der Waals surface area contributed by atoms with Gasteiger partial charge in [-0.3, -0.25) is 4.79 Å². The minimum Gasteiger partial charge on any atom is -0.347 e. The number of likely N-dealkylation sites (tertiary alicyclic amines) is 1. The first-order chi connectivity index (χ1) is 14.5. The van der Waals surface area contributed by atoms with Gasteiger partial charge in [-0.15, -0.1) is 0 Å². The Morgan fingerprint density at radius 3 is 2.53 bits per heavy atom. The van der Waals surface area contributed by atoms with Gasteiger partial charge in [0, 0.05) is 50.4 Å². The number of nitriles is 1. The summed E-state index contributed by atoms with van der Waals surface area (Å²) in [4.78, 5) is 21.5. The van der Waals surface area contributed by atoms with Crippen molar-refractivity contribution in [2.45, 2.75) is 44.3 Å². The maximum atomic E-state index is 13.1. The van der Waals surface area contributed by atoms with Gasteiger partial charge in [-0.25, -0.2) is 9.37 Å². The fraction of sp³-hybridized carbons (Fsp3) is 0.435. The number of anilines is 1. The molecule has 2 aliphatic rings. The van der Waals surface area contributed by atoms with Crippen LogP contribution in [0.5, 0.6) is 0 Å². The Morgan fingerprint density at radius 2 is 1.93 bits per heavy atom. The minimum absolute atomic E-state index is 0.0638. The van der Waals surface area contributed by atoms with Crippen molar-refractivity contribution < 1.29 is 9.18 Å². The van der Waals surface area contributed by atoms with Gasteiger partial charge in [-0.2, -0.15) is 5.26 Å². The van der Waals surface area contributed by atoms with Crippen molar-refractivity contribution in [2.24, 2.45) is 0 Å². The van der Waals surface area contributed by atoms with Gasteiger partial charge < -0.3 is 15.1 Å². The van der Waals surface area contributed by atoms with Crippen LogP contribution in [0.4, 0.5) is 10.2 Å². The summed E-state index contributed by atoms with van der Waals surface area (Å²) >= 11 is 0. The van der Waals surface area contributed by atoms with Crippen molar-refractivity contribution in [3.63, 3.8) is 0 Å². The molecule has 0 saturated carbocycles. The number of rotatable bonds is 6. The highest BCUT2D eigenvalue weighted by Crippen LogP contribution is 2.34. The molecule has 2 bridgehead atoms. The van der Waals surface area contributed by atoms with Gasteiger partial charge in [0.2, 0.25) is 5.91 Å². The number of carbonyl (C=O) groups is 1. The molecule has 156 valence electrons. The number of nitrogens with one attached hydrogen (secondary N) is 1. The lowest BCUT2D eigenvalue weighted by Gasteiger charge is -2.42. The second kappa shape index (κ2) is 8.80. The maximum absolute atomic E-state index is 13.1. The Balaban J connectivity index is 1.29. The molecular weight excluding hydrogens is 381 g/mol. The van der Waals surface area contributed by atoms with Crippen LogP contribution >= 0.6 is 0 Å². The van der Waals surface area contributed by atoms with Crippen LogP contribution in [0.2, 0.25) is 0 Å². The van der Waals surface area contributed by atoms with Gasteiger partial charge in [-0.1, -0.05) is 12.1 Å². The third kappa shape index (κ3) is 4.29. The van der Waals surface area contributed by atoms with Gasteiger partial charge >= 0.3 is 0 Å². The summed E-state index contributed by atoms with van der Waals surface area (Å²) in [6.07, 6.45) is 4.16. The van der Waals surface area contributed by atoms with E-state index in [9.17, 15) is 9.18 Å². The molecule has 4 rings (SSSR count). The SMILES string of the molecule is C[C@@H](NCCC(=O)N1CC2CCC(C1)N2c1ccc(C#N)cn1)c1ccc(F)cc1. The summed E-state index contributed by atoms with van der Waals surface area (Å²) in [6.45, 7) is 4.03. The molecule has 1 aromatic heterocycles. The number of hydrogen-bond donors (Lipinski definition) is 1. The molecule has 0 aliphatic carbocycles. The first-order valence-corrected chi connectivity index (χ1v) is 10.5. The van der Waals surface area contributed by atoms with E-state index in [1.165, 1.54) is 12.1 Å². The summed E-state index contributed by atoms with van der Waals surface area (Å²) in [6, 6.07) is 12.9. The maximum Gasteiger partial charge on any atom is 0.223 e. The van der Waals surface area contributed by atoms with E-state index < -0.39 is 0 Å². The zero-order valence-corrected chi connectivity index (χ0v) is 17.1. The smallest absolute Gasteiger partial charge is 0.223 e. The molecule has 3 atom stereocenters. The summed E-state index contributed by atoms with van der Waals surface area (Å²) in [5.74, 6) is 0.813. The Bertz CT molecular complexity index is 910. The summed E-state index contributed by atoms with van der Waals surface area (Å²) in [5, 5.41) is 12.3. The number of pyridine rings is 1. The predicted molar refractivity (Wildman–Crippen MR) is 112 cm³/mol. The lowest BCUT2D eigenvalue weighted by Crippen LogP contribution is -2.56. The molecular formula is C23H26FN5O. The third-order valence-electron chi connectivity index (χ3n) is 6.14. The van der Waals surface area contributed by atoms with Crippen LogP contribution in [-0.4, -0.2) is 47.5 Å². The Morgan fingerprint density at radius 1 is 1.23 bits per heavy atom. The van der Waals surface area contributed by atoms with Gasteiger partial charge in [0.05, 0.1) is 5.56 Å². The van der Waals surface area contributed by atoms with Crippen molar-refractivity contribution in [3.8, 4) is 6.07 Å². The topological polar surface area (TPSA) is 72.3 Å². The molecule has 30 heavy (non-hydrogen) atoms. The van der Waals surface area contributed by atoms with Crippen molar-refractivity contribution in [2.75, 3.05) is 24.5 Å². The number of halogens is 1. The number of hydrogen-bond acceptors (Lipinski definition) is 5. The van der Waals surface area contributed by atoms with Crippen LogP contribution in [0.3, 0.4) is 0 Å². The molecule has 2 aromatic rings. The third-order valence-corrected chi connectivity index (χ3v) is 6.14. The van der Waals surface area contributed by atoms with Crippen molar-refractivity contribution in [3.05, 3.63) is 59.5 Å². The first-order valence-electron chi connectivity index (χ1n) is 10.5. The normalized spacial score (nSPS) is 21.4. The molecule has 7 heteroatoms. The van der Waals surface area contributed by atoms with Crippen molar-refractivity contribution in [1.82, 2.24) is 15.2 Å². The summed E-state index contributed by atoms with van der Waals surface area (Å²) < 4.78 is 13.1. The Kier molecular flexibility index (Phi) is 5.96. The van der Waals surface area contributed by atoms with Gasteiger partial charge in [0.1, 0.15) is 17.7 Å². The Labute approximate surface area is 176 Å². The second-order valence-electron chi connectivity index (χ2n) is 8.09. The highest BCUT2D eigenvalue weighted by atomic mass is 19.1. The molecule has 3 heterocycles. The van der Waals surface area contributed by atoms with E-state index in [4.69, 9.17) is 5.26 Å². The van der Waals surface area contributed by atoms with E-state index in [1.54, 1.807) is 24.4 Å². The number of benzene rings is 1. The van der Waals surface area contributed by atoms with Crippen molar-refractivity contribution in [1.29, 1.82) is 5.26 Å². The molecule has 0 spiro atoms. The van der Waals surface area contributed by atoms with E-state index in [1.807, 2.05) is 17.9 Å². The zero-order valence-electron chi connectivity index (χ0n) is 17.1. The Hall–Kier alpha value is -2.98. The average molecular weight is 407 g/mol. The molecule has 1 N–H and O–H groups in total. The second-order valence-corrected chi connectivity index (χ2v) is 8.09. The van der Waals surface area contributed by atoms with E-state index in [0.717, 1.165) is 24.2 Å². The van der Waals surface area contributed by atoms with Crippen LogP contribution in [0.25, 0.3) is 0 Å². The highest BCUT2D eigenvalue weighted by molar-refractivity contribution is 5.77. The van der Waals surface area contributed by atoms with Gasteiger partial charge in [0.25, 0.3) is 0 Å². The number of aromatic nitrogens is 1. The highest BCUT2D eigenvalue weighted by Gasteiger charge is 2.41. The van der Waals surface area contributed by atoms with E-state index in [-0.39, 0.29) is 29.8 Å². The molecule has 0 radical (unpaired) electrons. The quantitative estimate of drug-likeness (QED) is 0.797. The van der Waals surface area contributed by atoms with Crippen LogP contribution in [0.15, 0.2) is 42.6 Å². The number of nitrogens with zero attached hydrogens (tertiary/aromatic N) is 4. The number of carbonyl (C=O) groups excluding carboxylic acids is 1. The monoisotopic (exact) mass is 407 g/mol. The standard InChI is InChI=1S/C23H26FN5O/c1-16(18-3-5-19(24)6-4-18)26-11-10-23(30)28-14-20-7-8-21(15-28)29(20)22-9-2-17(12-25)13-27-22/h2-6,9,13,16,20-21,26H,7-8,10-11,14-15H2,1H3/t16-,20?,21?/m1/s1. The molecule has 2 saturated heterocycles. The number of amides is 1. The summed E-state index contributed by atoms with van der Waals surface area (Å²) in [5.41, 5.74) is 1.56. The molecule has 6 nitrogen and oxygen atoms in total. The lowest BCUT2D eigenvalue weighted by atomic mass is 10.1. The van der Waals surface area contributed by atoms with Gasteiger partial charge in [-0.05, 0) is 49.6 Å². The molecule has 1 amide bonds. The van der Waals surface area contributed by atoms with Gasteiger partial charge in [0.15, 0.2) is 0 Å². The van der Waals surface area contributed by atoms with Crippen LogP contribution in [0.1, 0.15) is 43.4 Å². The molecule has 1 aromatic carbocycles. The van der Waals surface area contributed by atoms with E-state index in [0.29, 0.717) is 31.6 Å². The lowest BCUT2D eigenvalue weighted by molar-refractivity contribution is -0.132. The largest absolute Gasteiger partial charge is 0.347 e. The number of piperazine rings is 1. The van der Waals surface area contributed by atoms with Crippen LogP contribution < -0.4 is 10.2 Å². The van der Waals surface area contributed by atoms with Crippen molar-refractivity contribution >= 4 is 11.7 Å². The number of fused-ring (bicyclic) bond motifs is 2. The predicted octanol–water partition coefficient (Wildman–Crippen LogP) is 3.01. The van der Waals surface area contributed by atoms with Crippen LogP contribution in [0, 0.1) is 17.1 Å². The zero-order chi connectivity index (χ0) is 21.1. The molecule has 2 aliphatic heterocycles. The molecule has 2 unspecified atom stereocenters. The fourth-order valence-electron chi connectivity index (χ4n) is 4.51. The van der Waals surface area contributed by atoms with E-state index in [2.05, 4.69) is 21.3 Å². The minimum atomic E-state index is -0.244. The molecule has 2 fully saturated rings. The van der Waals surface area contributed by atoms with E-state index >= 15 is 0 Å². The fourth-order valence-corrected chi connectivity index (χ4v) is 4.51. The average Bonchev–Trinajstić information content (AvgIpc) is 3.03. The first kappa shape index (κ1) is 20.3. The summed E-state index contributed by atoms with van der Waals surface area (Å²) in [7, 11) is 0. The van der Waals surface area contributed by atoms with Crippen LogP contribution in [-0.2, 0) is 4.79 Å².